The molecule has 0 atom stereocenters. The summed E-state index contributed by atoms with van der Waals surface area (Å²) < 4.78 is 17.7. The van der Waals surface area contributed by atoms with Gasteiger partial charge in [-0.3, -0.25) is 0 Å². The number of halogens is 2. The molecule has 4 nitrogen and oxygen atoms in total. The minimum Gasteiger partial charge on any atom is -0.338 e. The number of benzene rings is 1. The topological polar surface area (TPSA) is 51.0 Å². The van der Waals surface area contributed by atoms with Gasteiger partial charge in [-0.15, -0.1) is 0 Å². The Hall–Kier alpha value is -1.46. The molecule has 0 bridgehead atoms. The second-order valence-electron chi connectivity index (χ2n) is 3.57. The van der Waals surface area contributed by atoms with Crippen molar-refractivity contribution in [3.63, 3.8) is 0 Å². The highest BCUT2D eigenvalue weighted by Crippen LogP contribution is 2.16. The fourth-order valence-electron chi connectivity index (χ4n) is 1.38. The van der Waals surface area contributed by atoms with Crippen molar-refractivity contribution >= 4 is 11.6 Å². The lowest BCUT2D eigenvalue weighted by molar-refractivity contribution is 0.364. The van der Waals surface area contributed by atoms with Crippen LogP contribution in [0.15, 0.2) is 22.7 Å². The van der Waals surface area contributed by atoms with Crippen molar-refractivity contribution in [3.05, 3.63) is 46.3 Å². The first kappa shape index (κ1) is 12.0. The van der Waals surface area contributed by atoms with Crippen LogP contribution in [0.25, 0.3) is 0 Å². The third kappa shape index (κ3) is 3.25. The van der Waals surface area contributed by atoms with Crippen molar-refractivity contribution in [1.82, 2.24) is 15.5 Å². The van der Waals surface area contributed by atoms with Crippen molar-refractivity contribution in [2.75, 3.05) is 0 Å². The number of hydrogen-bond acceptors (Lipinski definition) is 4. The van der Waals surface area contributed by atoms with E-state index in [0.717, 1.165) is 5.56 Å². The molecule has 1 N–H and O–H groups in total. The van der Waals surface area contributed by atoms with Gasteiger partial charge < -0.3 is 9.84 Å². The molecule has 0 fully saturated rings. The summed E-state index contributed by atoms with van der Waals surface area (Å²) in [5.41, 5.74) is 0.823. The zero-order valence-corrected chi connectivity index (χ0v) is 9.96. The lowest BCUT2D eigenvalue weighted by Gasteiger charge is -2.04. The minimum atomic E-state index is -0.341. The summed E-state index contributed by atoms with van der Waals surface area (Å²) in [5, 5.41) is 7.16. The van der Waals surface area contributed by atoms with Crippen LogP contribution in [0.5, 0.6) is 0 Å². The van der Waals surface area contributed by atoms with Gasteiger partial charge in [0.2, 0.25) is 5.89 Å². The van der Waals surface area contributed by atoms with Crippen LogP contribution < -0.4 is 5.32 Å². The average Bonchev–Trinajstić information content (AvgIpc) is 2.68. The molecular weight excluding hydrogens is 245 g/mol. The van der Waals surface area contributed by atoms with E-state index in [4.69, 9.17) is 16.1 Å². The Labute approximate surface area is 103 Å². The predicted molar refractivity (Wildman–Crippen MR) is 61.0 cm³/mol. The van der Waals surface area contributed by atoms with Crippen LogP contribution in [0, 0.1) is 12.7 Å². The molecule has 90 valence electrons. The van der Waals surface area contributed by atoms with Gasteiger partial charge in [0.05, 0.1) is 6.54 Å². The predicted octanol–water partition coefficient (Wildman–Crippen LogP) is 2.46. The summed E-state index contributed by atoms with van der Waals surface area (Å²) >= 11 is 5.88. The molecular formula is C11H11ClFN3O. The summed E-state index contributed by atoms with van der Waals surface area (Å²) in [6.07, 6.45) is 0. The third-order valence-electron chi connectivity index (χ3n) is 2.18. The van der Waals surface area contributed by atoms with Crippen molar-refractivity contribution in [3.8, 4) is 0 Å². The van der Waals surface area contributed by atoms with E-state index in [0.29, 0.717) is 29.8 Å². The Morgan fingerprint density at radius 2 is 2.24 bits per heavy atom. The Balaban J connectivity index is 1.90. The van der Waals surface area contributed by atoms with Crippen molar-refractivity contribution in [1.29, 1.82) is 0 Å². The van der Waals surface area contributed by atoms with Crippen LogP contribution in [0.3, 0.4) is 0 Å². The van der Waals surface area contributed by atoms with Crippen molar-refractivity contribution in [2.45, 2.75) is 20.0 Å². The standard InChI is InChI=1S/C11H11ClFN3O/c1-7-15-11(17-16-7)6-14-5-8-2-3-9(13)4-10(8)12/h2-4,14H,5-6H2,1H3. The van der Waals surface area contributed by atoms with Gasteiger partial charge in [0.25, 0.3) is 0 Å². The number of rotatable bonds is 4. The van der Waals surface area contributed by atoms with Crippen LogP contribution >= 0.6 is 11.6 Å². The van der Waals surface area contributed by atoms with Crippen molar-refractivity contribution in [2.24, 2.45) is 0 Å². The lowest BCUT2D eigenvalue weighted by Crippen LogP contribution is -2.13. The lowest BCUT2D eigenvalue weighted by atomic mass is 10.2. The van der Waals surface area contributed by atoms with E-state index in [1.165, 1.54) is 12.1 Å². The van der Waals surface area contributed by atoms with Crippen LogP contribution in [-0.2, 0) is 13.1 Å². The molecule has 0 spiro atoms. The summed E-state index contributed by atoms with van der Waals surface area (Å²) in [5.74, 6) is 0.772. The maximum absolute atomic E-state index is 12.8. The van der Waals surface area contributed by atoms with Gasteiger partial charge in [-0.25, -0.2) is 4.39 Å². The summed E-state index contributed by atoms with van der Waals surface area (Å²) in [6.45, 7) is 2.72. The molecule has 6 heteroatoms. The summed E-state index contributed by atoms with van der Waals surface area (Å²) in [6, 6.07) is 4.30. The molecule has 0 aliphatic carbocycles. The first-order chi connectivity index (χ1) is 8.15. The van der Waals surface area contributed by atoms with Crippen LogP contribution in [0.4, 0.5) is 4.39 Å². The Morgan fingerprint density at radius 3 is 2.88 bits per heavy atom. The normalized spacial score (nSPS) is 10.8. The van der Waals surface area contributed by atoms with Gasteiger partial charge in [-0.05, 0) is 24.6 Å². The Morgan fingerprint density at radius 1 is 1.41 bits per heavy atom. The second kappa shape index (κ2) is 5.25. The largest absolute Gasteiger partial charge is 0.338 e. The highest BCUT2D eigenvalue weighted by molar-refractivity contribution is 6.31. The van der Waals surface area contributed by atoms with E-state index in [9.17, 15) is 4.39 Å². The van der Waals surface area contributed by atoms with Crippen LogP contribution in [0.2, 0.25) is 5.02 Å². The van der Waals surface area contributed by atoms with Gasteiger partial charge in [-0.2, -0.15) is 4.98 Å². The average molecular weight is 256 g/mol. The molecule has 1 aromatic carbocycles. The smallest absolute Gasteiger partial charge is 0.240 e. The molecule has 1 heterocycles. The number of nitrogens with one attached hydrogen (secondary N) is 1. The molecule has 2 aromatic rings. The first-order valence-electron chi connectivity index (χ1n) is 5.09. The number of nitrogens with zero attached hydrogens (tertiary/aromatic N) is 2. The van der Waals surface area contributed by atoms with Gasteiger partial charge in [0, 0.05) is 11.6 Å². The van der Waals surface area contributed by atoms with Crippen LogP contribution in [0.1, 0.15) is 17.3 Å². The molecule has 0 saturated heterocycles. The van der Waals surface area contributed by atoms with Crippen molar-refractivity contribution < 1.29 is 8.91 Å². The van der Waals surface area contributed by atoms with E-state index in [2.05, 4.69) is 15.5 Å². The molecule has 0 aliphatic heterocycles. The Kier molecular flexibility index (Phi) is 3.71. The fraction of sp³-hybridized carbons (Fsp3) is 0.273. The SMILES string of the molecule is Cc1noc(CNCc2ccc(F)cc2Cl)n1. The number of aromatic nitrogens is 2. The summed E-state index contributed by atoms with van der Waals surface area (Å²) in [7, 11) is 0. The maximum Gasteiger partial charge on any atom is 0.240 e. The molecule has 17 heavy (non-hydrogen) atoms. The maximum atomic E-state index is 12.8. The molecule has 0 unspecified atom stereocenters. The van der Waals surface area contributed by atoms with Gasteiger partial charge >= 0.3 is 0 Å². The summed E-state index contributed by atoms with van der Waals surface area (Å²) in [4.78, 5) is 4.05. The van der Waals surface area contributed by atoms with E-state index < -0.39 is 0 Å². The Bertz CT molecular complexity index is 515. The highest BCUT2D eigenvalue weighted by atomic mass is 35.5. The molecule has 0 saturated carbocycles. The highest BCUT2D eigenvalue weighted by Gasteiger charge is 2.04. The molecule has 2 rings (SSSR count). The molecule has 0 aliphatic rings. The van der Waals surface area contributed by atoms with E-state index in [1.54, 1.807) is 13.0 Å². The quantitative estimate of drug-likeness (QED) is 0.912. The fourth-order valence-corrected chi connectivity index (χ4v) is 1.62. The van der Waals surface area contributed by atoms with Crippen LogP contribution in [-0.4, -0.2) is 10.1 Å². The van der Waals surface area contributed by atoms with Gasteiger partial charge in [-0.1, -0.05) is 22.8 Å². The third-order valence-corrected chi connectivity index (χ3v) is 2.53. The molecule has 0 amide bonds. The van der Waals surface area contributed by atoms with E-state index >= 15 is 0 Å². The first-order valence-corrected chi connectivity index (χ1v) is 5.47. The number of aryl methyl sites for hydroxylation is 1. The molecule has 1 aromatic heterocycles. The van der Waals surface area contributed by atoms with E-state index in [-0.39, 0.29) is 5.82 Å². The molecule has 0 radical (unpaired) electrons. The van der Waals surface area contributed by atoms with E-state index in [1.807, 2.05) is 0 Å². The zero-order valence-electron chi connectivity index (χ0n) is 9.20. The van der Waals surface area contributed by atoms with Gasteiger partial charge in [0.15, 0.2) is 5.82 Å². The van der Waals surface area contributed by atoms with Gasteiger partial charge in [0.1, 0.15) is 5.82 Å². The monoisotopic (exact) mass is 255 g/mol. The minimum absolute atomic E-state index is 0.341. The zero-order chi connectivity index (χ0) is 12.3. The second-order valence-corrected chi connectivity index (χ2v) is 3.98. The number of hydrogen-bond donors (Lipinski definition) is 1.